The zero-order valence-electron chi connectivity index (χ0n) is 10.6. The summed E-state index contributed by atoms with van der Waals surface area (Å²) < 4.78 is 0. The second-order valence-corrected chi connectivity index (χ2v) is 4.89. The summed E-state index contributed by atoms with van der Waals surface area (Å²) in [7, 11) is 0. The van der Waals surface area contributed by atoms with E-state index in [1.54, 1.807) is 24.3 Å². The number of imide groups is 1. The number of hydrogen-bond donors (Lipinski definition) is 3. The summed E-state index contributed by atoms with van der Waals surface area (Å²) in [5, 5.41) is 7.93. The summed E-state index contributed by atoms with van der Waals surface area (Å²) in [4.78, 5) is 33.8. The van der Waals surface area contributed by atoms with Gasteiger partial charge in [-0.1, -0.05) is 23.7 Å². The molecule has 1 saturated heterocycles. The molecule has 7 heteroatoms. The molecule has 1 heterocycles. The van der Waals surface area contributed by atoms with Crippen LogP contribution in [0.25, 0.3) is 0 Å². The molecule has 0 bridgehead atoms. The van der Waals surface area contributed by atoms with Crippen LogP contribution in [0.2, 0.25) is 5.02 Å². The first-order chi connectivity index (χ1) is 9.54. The lowest BCUT2D eigenvalue weighted by Gasteiger charge is -2.08. The van der Waals surface area contributed by atoms with E-state index in [0.717, 1.165) is 5.56 Å². The van der Waals surface area contributed by atoms with Crippen LogP contribution in [0.4, 0.5) is 4.79 Å². The van der Waals surface area contributed by atoms with Crippen molar-refractivity contribution in [3.8, 4) is 0 Å². The number of urea groups is 1. The van der Waals surface area contributed by atoms with Crippen LogP contribution >= 0.6 is 11.6 Å². The van der Waals surface area contributed by atoms with Gasteiger partial charge in [0, 0.05) is 11.6 Å². The van der Waals surface area contributed by atoms with Gasteiger partial charge in [0.15, 0.2) is 0 Å². The highest BCUT2D eigenvalue weighted by molar-refractivity contribution is 6.30. The maximum Gasteiger partial charge on any atom is 0.322 e. The van der Waals surface area contributed by atoms with Crippen LogP contribution in [0.1, 0.15) is 12.0 Å². The van der Waals surface area contributed by atoms with Crippen LogP contribution in [0.15, 0.2) is 24.3 Å². The fourth-order valence-electron chi connectivity index (χ4n) is 1.87. The second kappa shape index (κ2) is 6.38. The van der Waals surface area contributed by atoms with E-state index in [0.29, 0.717) is 18.0 Å². The monoisotopic (exact) mass is 295 g/mol. The Labute approximate surface area is 120 Å². The van der Waals surface area contributed by atoms with E-state index < -0.39 is 12.1 Å². The normalized spacial score (nSPS) is 17.6. The quantitative estimate of drug-likeness (QED) is 0.695. The van der Waals surface area contributed by atoms with Crippen LogP contribution in [0.5, 0.6) is 0 Å². The molecule has 1 aromatic carbocycles. The summed E-state index contributed by atoms with van der Waals surface area (Å²) in [6.45, 7) is 0.324. The highest BCUT2D eigenvalue weighted by atomic mass is 35.5. The molecular formula is C13H14ClN3O3. The molecule has 0 radical (unpaired) electrons. The Balaban J connectivity index is 1.71. The Morgan fingerprint density at radius 2 is 1.95 bits per heavy atom. The van der Waals surface area contributed by atoms with Crippen molar-refractivity contribution in [2.24, 2.45) is 0 Å². The molecule has 4 amide bonds. The Hall–Kier alpha value is -2.08. The van der Waals surface area contributed by atoms with E-state index in [4.69, 9.17) is 11.6 Å². The van der Waals surface area contributed by atoms with Gasteiger partial charge in [0.05, 0.1) is 6.42 Å². The summed E-state index contributed by atoms with van der Waals surface area (Å²) >= 11 is 5.76. The SMILES string of the molecule is O=C(Cc1ccc(Cl)cc1)NCCC1NC(=O)NC1=O. The van der Waals surface area contributed by atoms with Crippen molar-refractivity contribution >= 4 is 29.4 Å². The van der Waals surface area contributed by atoms with Gasteiger partial charge in [-0.3, -0.25) is 14.9 Å². The molecule has 6 nitrogen and oxygen atoms in total. The number of carbonyl (C=O) groups excluding carboxylic acids is 3. The molecule has 1 aliphatic heterocycles. The van der Waals surface area contributed by atoms with Crippen molar-refractivity contribution in [3.05, 3.63) is 34.9 Å². The largest absolute Gasteiger partial charge is 0.356 e. The van der Waals surface area contributed by atoms with Crippen molar-refractivity contribution < 1.29 is 14.4 Å². The van der Waals surface area contributed by atoms with Gasteiger partial charge in [0.1, 0.15) is 6.04 Å². The molecule has 1 aliphatic rings. The third-order valence-corrected chi connectivity index (χ3v) is 3.14. The third-order valence-electron chi connectivity index (χ3n) is 2.89. The van der Waals surface area contributed by atoms with Crippen LogP contribution in [0, 0.1) is 0 Å². The first kappa shape index (κ1) is 14.3. The Morgan fingerprint density at radius 1 is 1.25 bits per heavy atom. The molecule has 0 saturated carbocycles. The second-order valence-electron chi connectivity index (χ2n) is 4.46. The summed E-state index contributed by atoms with van der Waals surface area (Å²) in [5.74, 6) is -0.501. The zero-order chi connectivity index (χ0) is 14.5. The summed E-state index contributed by atoms with van der Waals surface area (Å²) in [6.07, 6.45) is 0.615. The maximum absolute atomic E-state index is 11.7. The minimum Gasteiger partial charge on any atom is -0.356 e. The van der Waals surface area contributed by atoms with Crippen molar-refractivity contribution in [2.45, 2.75) is 18.9 Å². The van der Waals surface area contributed by atoms with Gasteiger partial charge < -0.3 is 10.6 Å². The summed E-state index contributed by atoms with van der Waals surface area (Å²) in [6, 6.07) is 5.95. The smallest absolute Gasteiger partial charge is 0.322 e. The minimum absolute atomic E-state index is 0.142. The van der Waals surface area contributed by atoms with Gasteiger partial charge in [-0.05, 0) is 24.1 Å². The van der Waals surface area contributed by atoms with E-state index in [1.165, 1.54) is 0 Å². The number of amides is 4. The van der Waals surface area contributed by atoms with Gasteiger partial charge in [0.2, 0.25) is 5.91 Å². The molecule has 1 atom stereocenters. The first-order valence-electron chi connectivity index (χ1n) is 6.17. The van der Waals surface area contributed by atoms with E-state index >= 15 is 0 Å². The highest BCUT2D eigenvalue weighted by Crippen LogP contribution is 2.09. The molecule has 1 aromatic rings. The molecule has 106 valence electrons. The van der Waals surface area contributed by atoms with Gasteiger partial charge in [-0.15, -0.1) is 0 Å². The van der Waals surface area contributed by atoms with Crippen molar-refractivity contribution in [1.29, 1.82) is 0 Å². The molecule has 2 rings (SSSR count). The topological polar surface area (TPSA) is 87.3 Å². The molecule has 0 spiro atoms. The van der Waals surface area contributed by atoms with Crippen LogP contribution < -0.4 is 16.0 Å². The number of halogens is 1. The minimum atomic E-state index is -0.571. The predicted octanol–water partition coefficient (Wildman–Crippen LogP) is 0.597. The van der Waals surface area contributed by atoms with Crippen LogP contribution in [0.3, 0.4) is 0 Å². The molecule has 1 unspecified atom stereocenters. The Morgan fingerprint density at radius 3 is 2.55 bits per heavy atom. The zero-order valence-corrected chi connectivity index (χ0v) is 11.4. The first-order valence-corrected chi connectivity index (χ1v) is 6.55. The van der Waals surface area contributed by atoms with Crippen LogP contribution in [-0.4, -0.2) is 30.4 Å². The highest BCUT2D eigenvalue weighted by Gasteiger charge is 2.28. The third kappa shape index (κ3) is 3.96. The van der Waals surface area contributed by atoms with E-state index in [-0.39, 0.29) is 18.2 Å². The molecule has 0 aromatic heterocycles. The van der Waals surface area contributed by atoms with Gasteiger partial charge in [-0.25, -0.2) is 4.79 Å². The number of hydrogen-bond acceptors (Lipinski definition) is 3. The number of benzene rings is 1. The predicted molar refractivity (Wildman–Crippen MR) is 73.2 cm³/mol. The van der Waals surface area contributed by atoms with E-state index in [1.807, 2.05) is 0 Å². The lowest BCUT2D eigenvalue weighted by molar-refractivity contribution is -0.122. The van der Waals surface area contributed by atoms with Crippen molar-refractivity contribution in [1.82, 2.24) is 16.0 Å². The van der Waals surface area contributed by atoms with Gasteiger partial charge in [0.25, 0.3) is 5.91 Å². The fraction of sp³-hybridized carbons (Fsp3) is 0.308. The lowest BCUT2D eigenvalue weighted by Crippen LogP contribution is -2.35. The van der Waals surface area contributed by atoms with Crippen molar-refractivity contribution in [3.63, 3.8) is 0 Å². The molecule has 20 heavy (non-hydrogen) atoms. The van der Waals surface area contributed by atoms with Gasteiger partial charge in [-0.2, -0.15) is 0 Å². The summed E-state index contributed by atoms with van der Waals surface area (Å²) in [5.41, 5.74) is 0.860. The number of carbonyl (C=O) groups is 3. The average molecular weight is 296 g/mol. The molecule has 1 fully saturated rings. The van der Waals surface area contributed by atoms with Gasteiger partial charge >= 0.3 is 6.03 Å². The maximum atomic E-state index is 11.7. The molecule has 3 N–H and O–H groups in total. The Bertz CT molecular complexity index is 530. The average Bonchev–Trinajstić information content (AvgIpc) is 2.71. The number of nitrogens with one attached hydrogen (secondary N) is 3. The van der Waals surface area contributed by atoms with Crippen LogP contribution in [-0.2, 0) is 16.0 Å². The Kier molecular flexibility index (Phi) is 4.57. The molecular weight excluding hydrogens is 282 g/mol. The number of rotatable bonds is 5. The lowest BCUT2D eigenvalue weighted by atomic mass is 10.1. The standard InChI is InChI=1S/C13H14ClN3O3/c14-9-3-1-8(2-4-9)7-11(18)15-6-5-10-12(19)17-13(20)16-10/h1-4,10H,5-7H2,(H,15,18)(H2,16,17,19,20). The van der Waals surface area contributed by atoms with E-state index in [2.05, 4.69) is 16.0 Å². The van der Waals surface area contributed by atoms with E-state index in [9.17, 15) is 14.4 Å². The fourth-order valence-corrected chi connectivity index (χ4v) is 1.99. The molecule has 0 aliphatic carbocycles. The van der Waals surface area contributed by atoms with Crippen molar-refractivity contribution in [2.75, 3.05) is 6.54 Å².